The number of alkyl halides is 3. The van der Waals surface area contributed by atoms with Crippen molar-refractivity contribution in [1.29, 1.82) is 0 Å². The molecule has 4 aromatic rings. The highest BCUT2D eigenvalue weighted by Crippen LogP contribution is 2.34. The van der Waals surface area contributed by atoms with E-state index in [0.29, 0.717) is 5.69 Å². The van der Waals surface area contributed by atoms with Crippen molar-refractivity contribution >= 4 is 28.4 Å². The van der Waals surface area contributed by atoms with Gasteiger partial charge in [-0.15, -0.1) is 0 Å². The van der Waals surface area contributed by atoms with Gasteiger partial charge < -0.3 is 15.2 Å². The molecule has 8 heteroatoms. The Hall–Kier alpha value is -3.81. The van der Waals surface area contributed by atoms with Crippen LogP contribution in [-0.4, -0.2) is 15.6 Å². The van der Waals surface area contributed by atoms with Gasteiger partial charge in [0.2, 0.25) is 0 Å². The number of urea groups is 1. The van der Waals surface area contributed by atoms with E-state index in [1.54, 1.807) is 12.1 Å². The molecule has 0 atom stereocenters. The van der Waals surface area contributed by atoms with Crippen LogP contribution in [0.25, 0.3) is 11.0 Å². The molecule has 0 saturated carbocycles. The second-order valence-corrected chi connectivity index (χ2v) is 7.40. The van der Waals surface area contributed by atoms with Crippen molar-refractivity contribution in [2.24, 2.45) is 7.05 Å². The van der Waals surface area contributed by atoms with E-state index in [2.05, 4.69) is 20.2 Å². The van der Waals surface area contributed by atoms with Gasteiger partial charge in [-0.2, -0.15) is 13.2 Å². The molecule has 2 N–H and O–H groups in total. The van der Waals surface area contributed by atoms with Crippen LogP contribution in [0.15, 0.2) is 72.8 Å². The molecule has 0 saturated heterocycles. The fourth-order valence-corrected chi connectivity index (χ4v) is 3.55. The molecule has 2 amide bonds. The molecule has 0 aliphatic heterocycles. The summed E-state index contributed by atoms with van der Waals surface area (Å²) in [6.45, 7) is 0. The Kier molecular flexibility index (Phi) is 5.85. The number of imidazole rings is 1. The van der Waals surface area contributed by atoms with Gasteiger partial charge in [0.1, 0.15) is 5.82 Å². The maximum Gasteiger partial charge on any atom is 0.418 e. The zero-order valence-corrected chi connectivity index (χ0v) is 17.3. The van der Waals surface area contributed by atoms with Crippen LogP contribution in [0.1, 0.15) is 17.0 Å². The lowest BCUT2D eigenvalue weighted by Gasteiger charge is -2.14. The fourth-order valence-electron chi connectivity index (χ4n) is 3.55. The van der Waals surface area contributed by atoms with E-state index in [0.717, 1.165) is 41.3 Å². The molecule has 4 rings (SSSR count). The average molecular weight is 438 g/mol. The largest absolute Gasteiger partial charge is 0.418 e. The van der Waals surface area contributed by atoms with Crippen LogP contribution in [0.5, 0.6) is 0 Å². The fraction of sp³-hybridized carbons (Fsp3) is 0.167. The minimum atomic E-state index is -4.55. The molecule has 164 valence electrons. The van der Waals surface area contributed by atoms with E-state index in [9.17, 15) is 18.0 Å². The highest BCUT2D eigenvalue weighted by molar-refractivity contribution is 6.00. The van der Waals surface area contributed by atoms with Crippen LogP contribution in [0.2, 0.25) is 0 Å². The first kappa shape index (κ1) is 21.4. The first-order valence-corrected chi connectivity index (χ1v) is 10.0. The van der Waals surface area contributed by atoms with Gasteiger partial charge in [-0.3, -0.25) is 0 Å². The van der Waals surface area contributed by atoms with Crippen LogP contribution < -0.4 is 10.6 Å². The van der Waals surface area contributed by atoms with Crippen molar-refractivity contribution in [2.45, 2.75) is 19.0 Å². The molecule has 0 bridgehead atoms. The smallest absolute Gasteiger partial charge is 0.331 e. The van der Waals surface area contributed by atoms with Gasteiger partial charge in [-0.25, -0.2) is 9.78 Å². The number of nitrogens with zero attached hydrogens (tertiary/aromatic N) is 2. The Morgan fingerprint density at radius 3 is 2.31 bits per heavy atom. The van der Waals surface area contributed by atoms with E-state index in [-0.39, 0.29) is 5.69 Å². The lowest BCUT2D eigenvalue weighted by molar-refractivity contribution is -0.136. The SMILES string of the molecule is Cn1c(CCc2ccc(NC(=O)Nc3ccccc3C(F)(F)F)cc2)nc2ccccc21. The highest BCUT2D eigenvalue weighted by Gasteiger charge is 2.33. The van der Waals surface area contributed by atoms with Crippen molar-refractivity contribution in [3.05, 3.63) is 89.7 Å². The Labute approximate surface area is 182 Å². The summed E-state index contributed by atoms with van der Waals surface area (Å²) in [5.74, 6) is 0.983. The molecule has 0 aliphatic rings. The zero-order valence-electron chi connectivity index (χ0n) is 17.3. The summed E-state index contributed by atoms with van der Waals surface area (Å²) < 4.78 is 41.3. The second kappa shape index (κ2) is 8.74. The third kappa shape index (κ3) is 4.74. The topological polar surface area (TPSA) is 59.0 Å². The first-order chi connectivity index (χ1) is 15.3. The number of fused-ring (bicyclic) bond motifs is 1. The predicted octanol–water partition coefficient (Wildman–Crippen LogP) is 6.02. The number of carbonyl (C=O) groups excluding carboxylic acids is 1. The van der Waals surface area contributed by atoms with Crippen LogP contribution in [0, 0.1) is 0 Å². The molecule has 1 aromatic heterocycles. The lowest BCUT2D eigenvalue weighted by Crippen LogP contribution is -2.21. The number of amides is 2. The van der Waals surface area contributed by atoms with Gasteiger partial charge in [-0.1, -0.05) is 36.4 Å². The molecule has 3 aromatic carbocycles. The quantitative estimate of drug-likeness (QED) is 0.400. The number of halogens is 3. The number of hydrogen-bond acceptors (Lipinski definition) is 2. The van der Waals surface area contributed by atoms with E-state index >= 15 is 0 Å². The minimum Gasteiger partial charge on any atom is -0.331 e. The molecule has 0 aliphatic carbocycles. The lowest BCUT2D eigenvalue weighted by atomic mass is 10.1. The Balaban J connectivity index is 1.37. The van der Waals surface area contributed by atoms with Crippen LogP contribution in [0.3, 0.4) is 0 Å². The summed E-state index contributed by atoms with van der Waals surface area (Å²) in [6.07, 6.45) is -3.03. The molecular formula is C24H21F3N4O. The van der Waals surface area contributed by atoms with Crippen LogP contribution >= 0.6 is 0 Å². The summed E-state index contributed by atoms with van der Waals surface area (Å²) in [7, 11) is 1.99. The molecular weight excluding hydrogens is 417 g/mol. The normalized spacial score (nSPS) is 11.5. The van der Waals surface area contributed by atoms with E-state index in [4.69, 9.17) is 0 Å². The van der Waals surface area contributed by atoms with Crippen LogP contribution in [-0.2, 0) is 26.1 Å². The van der Waals surface area contributed by atoms with Gasteiger partial charge in [0.05, 0.1) is 22.3 Å². The number of aryl methyl sites for hydroxylation is 3. The maximum atomic E-state index is 13.1. The van der Waals surface area contributed by atoms with E-state index < -0.39 is 17.8 Å². The highest BCUT2D eigenvalue weighted by atomic mass is 19.4. The number of carbonyl (C=O) groups is 1. The van der Waals surface area contributed by atoms with Crippen molar-refractivity contribution in [1.82, 2.24) is 9.55 Å². The number of aromatic nitrogens is 2. The Bertz CT molecular complexity index is 1250. The van der Waals surface area contributed by atoms with Crippen molar-refractivity contribution in [3.8, 4) is 0 Å². The molecule has 1 heterocycles. The third-order valence-corrected chi connectivity index (χ3v) is 5.21. The molecule has 0 unspecified atom stereocenters. The summed E-state index contributed by atoms with van der Waals surface area (Å²) in [4.78, 5) is 16.8. The molecule has 32 heavy (non-hydrogen) atoms. The minimum absolute atomic E-state index is 0.295. The number of hydrogen-bond donors (Lipinski definition) is 2. The third-order valence-electron chi connectivity index (χ3n) is 5.21. The summed E-state index contributed by atoms with van der Waals surface area (Å²) in [5.41, 5.74) is 2.40. The van der Waals surface area contributed by atoms with Crippen molar-refractivity contribution in [3.63, 3.8) is 0 Å². The Morgan fingerprint density at radius 1 is 0.906 bits per heavy atom. The molecule has 0 fully saturated rings. The van der Waals surface area contributed by atoms with Gasteiger partial charge >= 0.3 is 12.2 Å². The second-order valence-electron chi connectivity index (χ2n) is 7.40. The van der Waals surface area contributed by atoms with E-state index in [1.165, 1.54) is 18.2 Å². The number of para-hydroxylation sites is 3. The summed E-state index contributed by atoms with van der Waals surface area (Å²) in [6, 6.07) is 19.3. The first-order valence-electron chi connectivity index (χ1n) is 10.0. The molecule has 0 radical (unpaired) electrons. The monoisotopic (exact) mass is 438 g/mol. The standard InChI is InChI=1S/C24H21F3N4O/c1-31-21-9-5-4-8-20(21)29-22(31)15-12-16-10-13-17(14-11-16)28-23(32)30-19-7-3-2-6-18(19)24(25,26)27/h2-11,13-14H,12,15H2,1H3,(H2,28,30,32). The molecule has 0 spiro atoms. The number of rotatable bonds is 5. The van der Waals surface area contributed by atoms with Crippen molar-refractivity contribution < 1.29 is 18.0 Å². The summed E-state index contributed by atoms with van der Waals surface area (Å²) >= 11 is 0. The molecule has 5 nitrogen and oxygen atoms in total. The van der Waals surface area contributed by atoms with Gasteiger partial charge in [0.15, 0.2) is 0 Å². The maximum absolute atomic E-state index is 13.1. The Morgan fingerprint density at radius 2 is 1.59 bits per heavy atom. The number of nitrogens with one attached hydrogen (secondary N) is 2. The van der Waals surface area contributed by atoms with E-state index in [1.807, 2.05) is 43.4 Å². The number of benzene rings is 3. The summed E-state index contributed by atoms with van der Waals surface area (Å²) in [5, 5.41) is 4.83. The van der Waals surface area contributed by atoms with Gasteiger partial charge in [-0.05, 0) is 48.4 Å². The number of anilines is 2. The van der Waals surface area contributed by atoms with Crippen molar-refractivity contribution in [2.75, 3.05) is 10.6 Å². The average Bonchev–Trinajstić information content (AvgIpc) is 3.09. The zero-order chi connectivity index (χ0) is 22.7. The van der Waals surface area contributed by atoms with Crippen LogP contribution in [0.4, 0.5) is 29.3 Å². The van der Waals surface area contributed by atoms with Gasteiger partial charge in [0.25, 0.3) is 0 Å². The predicted molar refractivity (Wildman–Crippen MR) is 119 cm³/mol. The van der Waals surface area contributed by atoms with Gasteiger partial charge in [0, 0.05) is 19.2 Å².